The molecule has 1 N–H and O–H groups in total. The molecular formula is C24H17FN4O3. The van der Waals surface area contributed by atoms with Gasteiger partial charge in [-0.15, -0.1) is 0 Å². The molecule has 0 saturated carbocycles. The minimum atomic E-state index is -0.473. The van der Waals surface area contributed by atoms with E-state index in [4.69, 9.17) is 5.10 Å². The number of carbonyl (C=O) groups excluding carboxylic acids is 1. The van der Waals surface area contributed by atoms with Crippen molar-refractivity contribution < 1.29 is 14.1 Å². The summed E-state index contributed by atoms with van der Waals surface area (Å²) in [6, 6.07) is 21.7. The number of nitrogens with one attached hydrogen (secondary N) is 1. The van der Waals surface area contributed by atoms with Gasteiger partial charge in [0.15, 0.2) is 0 Å². The van der Waals surface area contributed by atoms with Crippen LogP contribution in [0.5, 0.6) is 0 Å². The van der Waals surface area contributed by atoms with Crippen molar-refractivity contribution in [1.82, 2.24) is 9.78 Å². The Hall–Kier alpha value is -4.33. The van der Waals surface area contributed by atoms with E-state index in [0.29, 0.717) is 22.8 Å². The third-order valence-corrected chi connectivity index (χ3v) is 5.52. The van der Waals surface area contributed by atoms with Gasteiger partial charge in [0.05, 0.1) is 16.3 Å². The molecule has 0 fully saturated rings. The molecule has 8 heteroatoms. The maximum absolute atomic E-state index is 14.0. The fourth-order valence-corrected chi connectivity index (χ4v) is 4.07. The van der Waals surface area contributed by atoms with E-state index in [1.807, 2.05) is 30.3 Å². The minimum absolute atomic E-state index is 0.0419. The predicted molar refractivity (Wildman–Crippen MR) is 117 cm³/mol. The van der Waals surface area contributed by atoms with E-state index in [9.17, 15) is 19.3 Å². The number of hydrogen-bond donors (Lipinski definition) is 1. The number of hydrogen-bond acceptors (Lipinski definition) is 4. The highest BCUT2D eigenvalue weighted by Crippen LogP contribution is 2.44. The Morgan fingerprint density at radius 2 is 1.78 bits per heavy atom. The molecule has 32 heavy (non-hydrogen) atoms. The number of non-ortho nitro benzene ring substituents is 1. The van der Waals surface area contributed by atoms with E-state index in [1.54, 1.807) is 28.9 Å². The third-order valence-electron chi connectivity index (χ3n) is 5.52. The Kier molecular flexibility index (Phi) is 4.74. The Balaban J connectivity index is 1.74. The van der Waals surface area contributed by atoms with E-state index in [2.05, 4.69) is 5.32 Å². The zero-order valence-electron chi connectivity index (χ0n) is 16.7. The van der Waals surface area contributed by atoms with Gasteiger partial charge in [0, 0.05) is 35.6 Å². The number of rotatable bonds is 4. The molecule has 1 aliphatic rings. The number of fused-ring (bicyclic) bond motifs is 1. The van der Waals surface area contributed by atoms with Crippen LogP contribution < -0.4 is 5.32 Å². The van der Waals surface area contributed by atoms with Crippen molar-refractivity contribution in [3.63, 3.8) is 0 Å². The van der Waals surface area contributed by atoms with Crippen molar-refractivity contribution in [2.45, 2.75) is 12.3 Å². The number of amides is 1. The van der Waals surface area contributed by atoms with Gasteiger partial charge in [0.1, 0.15) is 11.6 Å². The smallest absolute Gasteiger partial charge is 0.269 e. The number of nitro benzene ring substituents is 1. The highest BCUT2D eigenvalue weighted by atomic mass is 19.1. The number of anilines is 1. The number of benzene rings is 3. The highest BCUT2D eigenvalue weighted by Gasteiger charge is 2.34. The number of aromatic nitrogens is 2. The molecule has 158 valence electrons. The molecule has 0 spiro atoms. The molecule has 0 saturated heterocycles. The van der Waals surface area contributed by atoms with E-state index in [1.165, 1.54) is 24.3 Å². The van der Waals surface area contributed by atoms with Crippen LogP contribution in [0.3, 0.4) is 0 Å². The van der Waals surface area contributed by atoms with Gasteiger partial charge < -0.3 is 5.32 Å². The number of nitrogens with zero attached hydrogens (tertiary/aromatic N) is 3. The van der Waals surface area contributed by atoms with Crippen LogP contribution in [-0.4, -0.2) is 20.6 Å². The first-order valence-corrected chi connectivity index (χ1v) is 10.00. The normalized spacial score (nSPS) is 15.2. The molecular weight excluding hydrogens is 411 g/mol. The number of nitro groups is 1. The van der Waals surface area contributed by atoms with Gasteiger partial charge in [-0.05, 0) is 29.8 Å². The summed E-state index contributed by atoms with van der Waals surface area (Å²) in [5, 5.41) is 18.7. The van der Waals surface area contributed by atoms with Gasteiger partial charge in [-0.2, -0.15) is 5.10 Å². The van der Waals surface area contributed by atoms with Crippen molar-refractivity contribution in [1.29, 1.82) is 0 Å². The molecule has 3 aromatic carbocycles. The third kappa shape index (κ3) is 3.41. The van der Waals surface area contributed by atoms with Crippen LogP contribution in [0.4, 0.5) is 15.9 Å². The SMILES string of the molecule is O=C1CC(c2cccc(F)c2)c2c(-c3ccccc3)nn(-c3ccc([N+](=O)[O-])cc3)c2N1. The summed E-state index contributed by atoms with van der Waals surface area (Å²) in [7, 11) is 0. The second-order valence-corrected chi connectivity index (χ2v) is 7.52. The molecule has 1 atom stereocenters. The Morgan fingerprint density at radius 3 is 2.47 bits per heavy atom. The molecule has 1 amide bonds. The molecule has 4 aromatic rings. The van der Waals surface area contributed by atoms with Gasteiger partial charge in [0.2, 0.25) is 5.91 Å². The molecule has 1 aromatic heterocycles. The second-order valence-electron chi connectivity index (χ2n) is 7.52. The Labute approximate surface area is 182 Å². The van der Waals surface area contributed by atoms with Crippen LogP contribution in [0.1, 0.15) is 23.5 Å². The van der Waals surface area contributed by atoms with Gasteiger partial charge in [-0.3, -0.25) is 14.9 Å². The average molecular weight is 428 g/mol. The van der Waals surface area contributed by atoms with Gasteiger partial charge in [-0.25, -0.2) is 9.07 Å². The van der Waals surface area contributed by atoms with Crippen LogP contribution in [0.25, 0.3) is 16.9 Å². The number of carbonyl (C=O) groups is 1. The lowest BCUT2D eigenvalue weighted by molar-refractivity contribution is -0.384. The molecule has 1 unspecified atom stereocenters. The van der Waals surface area contributed by atoms with Crippen LogP contribution >= 0.6 is 0 Å². The monoisotopic (exact) mass is 428 g/mol. The van der Waals surface area contributed by atoms with Crippen molar-refractivity contribution >= 4 is 17.4 Å². The topological polar surface area (TPSA) is 90.1 Å². The highest BCUT2D eigenvalue weighted by molar-refractivity contribution is 5.96. The van der Waals surface area contributed by atoms with Crippen molar-refractivity contribution in [2.75, 3.05) is 5.32 Å². The lowest BCUT2D eigenvalue weighted by atomic mass is 9.84. The standard InChI is InChI=1S/C24H17FN4O3/c25-17-8-4-7-16(13-17)20-14-21(30)26-24-22(20)23(15-5-2-1-3-6-15)27-28(24)18-9-11-19(12-10-18)29(31)32/h1-13,20H,14H2,(H,26,30). The molecule has 0 radical (unpaired) electrons. The van der Waals surface area contributed by atoms with Crippen LogP contribution in [0.2, 0.25) is 0 Å². The summed E-state index contributed by atoms with van der Waals surface area (Å²) in [4.78, 5) is 23.2. The summed E-state index contributed by atoms with van der Waals surface area (Å²) in [5.74, 6) is -0.506. The van der Waals surface area contributed by atoms with Crippen molar-refractivity contribution in [3.8, 4) is 16.9 Å². The quantitative estimate of drug-likeness (QED) is 0.363. The summed E-state index contributed by atoms with van der Waals surface area (Å²) >= 11 is 0. The molecule has 0 aliphatic carbocycles. The van der Waals surface area contributed by atoms with Gasteiger partial charge >= 0.3 is 0 Å². The minimum Gasteiger partial charge on any atom is -0.310 e. The summed E-state index contributed by atoms with van der Waals surface area (Å²) in [6.45, 7) is 0. The average Bonchev–Trinajstić information content (AvgIpc) is 3.18. The largest absolute Gasteiger partial charge is 0.310 e. The maximum Gasteiger partial charge on any atom is 0.269 e. The molecule has 2 heterocycles. The summed E-state index contributed by atoms with van der Waals surface area (Å²) < 4.78 is 15.6. The fourth-order valence-electron chi connectivity index (χ4n) is 4.07. The number of halogens is 1. The van der Waals surface area contributed by atoms with Crippen molar-refractivity contribution in [3.05, 3.63) is 106 Å². The second kappa shape index (κ2) is 7.73. The lowest BCUT2D eigenvalue weighted by Gasteiger charge is -2.24. The van der Waals surface area contributed by atoms with Crippen LogP contribution in [0, 0.1) is 15.9 Å². The molecule has 1 aliphatic heterocycles. The first-order chi connectivity index (χ1) is 15.5. The zero-order chi connectivity index (χ0) is 22.2. The molecule has 5 rings (SSSR count). The van der Waals surface area contributed by atoms with E-state index in [0.717, 1.165) is 11.1 Å². The summed E-state index contributed by atoms with van der Waals surface area (Å²) in [6.07, 6.45) is 0.155. The van der Waals surface area contributed by atoms with E-state index >= 15 is 0 Å². The fraction of sp³-hybridized carbons (Fsp3) is 0.0833. The maximum atomic E-state index is 14.0. The molecule has 7 nitrogen and oxygen atoms in total. The van der Waals surface area contributed by atoms with Crippen molar-refractivity contribution in [2.24, 2.45) is 0 Å². The Morgan fingerprint density at radius 1 is 1.03 bits per heavy atom. The zero-order valence-corrected chi connectivity index (χ0v) is 16.7. The first kappa shape index (κ1) is 19.6. The predicted octanol–water partition coefficient (Wildman–Crippen LogP) is 5.06. The van der Waals surface area contributed by atoms with E-state index in [-0.39, 0.29) is 23.8 Å². The van der Waals surface area contributed by atoms with Gasteiger partial charge in [-0.1, -0.05) is 42.5 Å². The summed E-state index contributed by atoms with van der Waals surface area (Å²) in [5.41, 5.74) is 3.49. The Bertz CT molecular complexity index is 1330. The van der Waals surface area contributed by atoms with Gasteiger partial charge in [0.25, 0.3) is 5.69 Å². The first-order valence-electron chi connectivity index (χ1n) is 10.00. The van der Waals surface area contributed by atoms with E-state index < -0.39 is 10.8 Å². The van der Waals surface area contributed by atoms with Crippen LogP contribution in [-0.2, 0) is 4.79 Å². The van der Waals surface area contributed by atoms with Crippen LogP contribution in [0.15, 0.2) is 78.9 Å². The lowest BCUT2D eigenvalue weighted by Crippen LogP contribution is -2.25. The molecule has 0 bridgehead atoms.